The van der Waals surface area contributed by atoms with E-state index in [1.54, 1.807) is 51.3 Å². The minimum absolute atomic E-state index is 0.184. The Bertz CT molecular complexity index is 1480. The predicted molar refractivity (Wildman–Crippen MR) is 130 cm³/mol. The van der Waals surface area contributed by atoms with Crippen LogP contribution in [0.25, 0.3) is 17.0 Å². The van der Waals surface area contributed by atoms with E-state index in [1.807, 2.05) is 12.1 Å². The number of ether oxygens (including phenoxy) is 1. The topological polar surface area (TPSA) is 80.5 Å². The third-order valence-electron chi connectivity index (χ3n) is 6.07. The van der Waals surface area contributed by atoms with Crippen LogP contribution >= 0.6 is 0 Å². The lowest BCUT2D eigenvalue weighted by molar-refractivity contribution is 0.244. The average Bonchev–Trinajstić information content (AvgIpc) is 3.36. The van der Waals surface area contributed by atoms with Gasteiger partial charge in [0.1, 0.15) is 17.4 Å². The molecule has 1 atom stereocenters. The fourth-order valence-electron chi connectivity index (χ4n) is 4.22. The molecule has 1 aliphatic rings. The molecule has 7 nitrogen and oxygen atoms in total. The molecule has 182 valence electrons. The maximum Gasteiger partial charge on any atom is 0.326 e. The van der Waals surface area contributed by atoms with Crippen LogP contribution in [0.1, 0.15) is 30.0 Å². The largest absolute Gasteiger partial charge is 0.497 e. The number of anilines is 1. The fraction of sp³-hybridized carbons (Fsp3) is 0.148. The summed E-state index contributed by atoms with van der Waals surface area (Å²) in [4.78, 5) is 19.3. The van der Waals surface area contributed by atoms with Crippen molar-refractivity contribution in [3.63, 3.8) is 0 Å². The van der Waals surface area contributed by atoms with Crippen molar-refractivity contribution in [3.8, 4) is 17.1 Å². The van der Waals surface area contributed by atoms with Crippen LogP contribution in [0, 0.1) is 18.6 Å². The molecule has 0 bridgehead atoms. The molecule has 0 aliphatic carbocycles. The second kappa shape index (κ2) is 9.26. The number of aryl methyl sites for hydroxylation is 1. The maximum atomic E-state index is 13.9. The Hall–Kier alpha value is -4.53. The first-order chi connectivity index (χ1) is 17.4. The number of nitrogens with zero attached hydrogens (tertiary/aromatic N) is 3. The molecule has 36 heavy (non-hydrogen) atoms. The first-order valence-corrected chi connectivity index (χ1v) is 11.2. The van der Waals surface area contributed by atoms with Gasteiger partial charge in [0.15, 0.2) is 0 Å². The Morgan fingerprint density at radius 3 is 2.53 bits per heavy atom. The van der Waals surface area contributed by atoms with Gasteiger partial charge in [0.05, 0.1) is 24.4 Å². The fourth-order valence-corrected chi connectivity index (χ4v) is 4.22. The van der Waals surface area contributed by atoms with Crippen molar-refractivity contribution in [1.82, 2.24) is 15.5 Å². The van der Waals surface area contributed by atoms with Gasteiger partial charge < -0.3 is 14.6 Å². The highest BCUT2D eigenvalue weighted by Gasteiger charge is 2.36. The number of nitrogens with one attached hydrogen (secondary N) is 1. The summed E-state index contributed by atoms with van der Waals surface area (Å²) < 4.78 is 38.5. The van der Waals surface area contributed by atoms with Gasteiger partial charge >= 0.3 is 6.03 Å². The number of hydrogen-bond acceptors (Lipinski definition) is 5. The zero-order valence-electron chi connectivity index (χ0n) is 19.8. The average molecular weight is 488 g/mol. The monoisotopic (exact) mass is 488 g/mol. The number of allylic oxidation sites excluding steroid dienone is 1. The van der Waals surface area contributed by atoms with Crippen molar-refractivity contribution in [2.24, 2.45) is 0 Å². The molecule has 2 amide bonds. The number of benzene rings is 3. The first-order valence-electron chi connectivity index (χ1n) is 11.2. The summed E-state index contributed by atoms with van der Waals surface area (Å²) in [6, 6.07) is 16.4. The number of aromatic nitrogens is 2. The Balaban J connectivity index is 1.65. The molecule has 1 aromatic heterocycles. The molecule has 0 saturated heterocycles. The van der Waals surface area contributed by atoms with E-state index in [4.69, 9.17) is 9.26 Å². The highest BCUT2D eigenvalue weighted by atomic mass is 19.1. The number of carbonyl (C=O) groups excluding carboxylic acids is 1. The van der Waals surface area contributed by atoms with Crippen molar-refractivity contribution in [2.75, 3.05) is 12.0 Å². The van der Waals surface area contributed by atoms with Crippen molar-refractivity contribution >= 4 is 17.3 Å². The quantitative estimate of drug-likeness (QED) is 0.371. The second-order valence-electron chi connectivity index (χ2n) is 8.36. The smallest absolute Gasteiger partial charge is 0.326 e. The molecular formula is C27H22F2N4O3. The molecule has 1 aliphatic heterocycles. The van der Waals surface area contributed by atoms with Gasteiger partial charge in [-0.1, -0.05) is 29.4 Å². The van der Waals surface area contributed by atoms with E-state index in [2.05, 4.69) is 15.5 Å². The minimum Gasteiger partial charge on any atom is -0.497 e. The van der Waals surface area contributed by atoms with Crippen LogP contribution in [-0.4, -0.2) is 23.3 Å². The van der Waals surface area contributed by atoms with Gasteiger partial charge in [-0.2, -0.15) is 4.98 Å². The zero-order valence-corrected chi connectivity index (χ0v) is 19.8. The van der Waals surface area contributed by atoms with Crippen molar-refractivity contribution in [1.29, 1.82) is 0 Å². The molecule has 4 aromatic rings. The summed E-state index contributed by atoms with van der Waals surface area (Å²) in [5.41, 5.74) is 3.24. The SMILES string of the molecule is COc1cccc(-c2noc(C3=C(C)N(c4ccc(F)c(C)c4)C(=O)NC3c3ccc(F)cc3)n2)c1. The lowest BCUT2D eigenvalue weighted by Gasteiger charge is -2.35. The lowest BCUT2D eigenvalue weighted by Crippen LogP contribution is -2.46. The van der Waals surface area contributed by atoms with Crippen LogP contribution < -0.4 is 15.0 Å². The standard InChI is InChI=1S/C27H22F2N4O3/c1-15-13-20(11-12-22(15)29)33-16(2)23(24(30-27(33)34)17-7-9-19(28)10-8-17)26-31-25(32-36-26)18-5-4-6-21(14-18)35-3/h4-14,24H,1-3H3,(H,30,34). The van der Waals surface area contributed by atoms with Crippen LogP contribution in [0.15, 0.2) is 77.0 Å². The van der Waals surface area contributed by atoms with E-state index < -0.39 is 17.9 Å². The molecule has 0 spiro atoms. The maximum absolute atomic E-state index is 13.9. The Kier molecular flexibility index (Phi) is 5.97. The minimum atomic E-state index is -0.686. The summed E-state index contributed by atoms with van der Waals surface area (Å²) in [5.74, 6) is 0.388. The Morgan fingerprint density at radius 1 is 1.03 bits per heavy atom. The molecule has 1 unspecified atom stereocenters. The van der Waals surface area contributed by atoms with Gasteiger partial charge in [0.2, 0.25) is 5.82 Å². The third kappa shape index (κ3) is 4.19. The molecule has 9 heteroatoms. The second-order valence-corrected chi connectivity index (χ2v) is 8.36. The van der Waals surface area contributed by atoms with E-state index in [1.165, 1.54) is 29.2 Å². The molecule has 2 heterocycles. The van der Waals surface area contributed by atoms with Crippen LogP contribution in [0.3, 0.4) is 0 Å². The highest BCUT2D eigenvalue weighted by Crippen LogP contribution is 2.39. The molecule has 3 aromatic carbocycles. The number of methoxy groups -OCH3 is 1. The van der Waals surface area contributed by atoms with E-state index in [-0.39, 0.29) is 11.7 Å². The first kappa shape index (κ1) is 23.2. The highest BCUT2D eigenvalue weighted by molar-refractivity contribution is 6.01. The Labute approximate surface area is 206 Å². The molecular weight excluding hydrogens is 466 g/mol. The summed E-state index contributed by atoms with van der Waals surface area (Å²) in [5, 5.41) is 7.09. The van der Waals surface area contributed by atoms with E-state index in [0.717, 1.165) is 0 Å². The predicted octanol–water partition coefficient (Wildman–Crippen LogP) is 6.03. The molecule has 5 rings (SSSR count). The van der Waals surface area contributed by atoms with E-state index in [0.29, 0.717) is 45.2 Å². The normalized spacial score (nSPS) is 15.8. The van der Waals surface area contributed by atoms with Crippen LogP contribution in [0.4, 0.5) is 19.3 Å². The van der Waals surface area contributed by atoms with Gasteiger partial charge in [-0.05, 0) is 67.4 Å². The zero-order chi connectivity index (χ0) is 25.4. The van der Waals surface area contributed by atoms with Crippen LogP contribution in [-0.2, 0) is 0 Å². The molecule has 0 fully saturated rings. The number of hydrogen-bond donors (Lipinski definition) is 1. The van der Waals surface area contributed by atoms with Crippen molar-refractivity contribution in [2.45, 2.75) is 19.9 Å². The Morgan fingerprint density at radius 2 is 1.81 bits per heavy atom. The van der Waals surface area contributed by atoms with Crippen LogP contribution in [0.5, 0.6) is 5.75 Å². The number of rotatable bonds is 5. The van der Waals surface area contributed by atoms with Crippen molar-refractivity contribution < 1.29 is 22.8 Å². The van der Waals surface area contributed by atoms with Crippen molar-refractivity contribution in [3.05, 3.63) is 101 Å². The molecule has 0 saturated carbocycles. The van der Waals surface area contributed by atoms with Gasteiger partial charge in [0, 0.05) is 11.3 Å². The number of halogens is 2. The summed E-state index contributed by atoms with van der Waals surface area (Å²) in [7, 11) is 1.57. The van der Waals surface area contributed by atoms with E-state index >= 15 is 0 Å². The lowest BCUT2D eigenvalue weighted by atomic mass is 9.94. The van der Waals surface area contributed by atoms with Gasteiger partial charge in [0.25, 0.3) is 5.89 Å². The van der Waals surface area contributed by atoms with Gasteiger partial charge in [-0.25, -0.2) is 13.6 Å². The van der Waals surface area contributed by atoms with Gasteiger partial charge in [-0.3, -0.25) is 4.90 Å². The molecule has 0 radical (unpaired) electrons. The van der Waals surface area contributed by atoms with E-state index in [9.17, 15) is 13.6 Å². The van der Waals surface area contributed by atoms with Gasteiger partial charge in [-0.15, -0.1) is 0 Å². The summed E-state index contributed by atoms with van der Waals surface area (Å²) in [6.07, 6.45) is 0. The number of carbonyl (C=O) groups is 1. The summed E-state index contributed by atoms with van der Waals surface area (Å²) >= 11 is 0. The number of urea groups is 1. The molecule has 1 N–H and O–H groups in total. The summed E-state index contributed by atoms with van der Waals surface area (Å²) in [6.45, 7) is 3.37. The third-order valence-corrected chi connectivity index (χ3v) is 6.07. The van der Waals surface area contributed by atoms with Crippen LogP contribution in [0.2, 0.25) is 0 Å². The number of amides is 2.